The minimum absolute atomic E-state index is 0.199. The van der Waals surface area contributed by atoms with Crippen LogP contribution < -0.4 is 5.32 Å². The van der Waals surface area contributed by atoms with Gasteiger partial charge in [0.2, 0.25) is 0 Å². The number of thiazole rings is 1. The van der Waals surface area contributed by atoms with Crippen LogP contribution in [0.25, 0.3) is 22.0 Å². The summed E-state index contributed by atoms with van der Waals surface area (Å²) in [7, 11) is 0. The van der Waals surface area contributed by atoms with Crippen LogP contribution in [0.5, 0.6) is 0 Å². The molecule has 0 radical (unpaired) electrons. The lowest BCUT2D eigenvalue weighted by Crippen LogP contribution is -2.23. The number of nitrogens with zero attached hydrogens (tertiary/aromatic N) is 3. The van der Waals surface area contributed by atoms with Gasteiger partial charge in [-0.05, 0) is 66.9 Å². The molecule has 0 aliphatic carbocycles. The Bertz CT molecular complexity index is 1590. The third-order valence-electron chi connectivity index (χ3n) is 6.40. The van der Waals surface area contributed by atoms with Crippen molar-refractivity contribution in [3.63, 3.8) is 0 Å². The molecular weight excluding hydrogens is 519 g/mol. The first-order chi connectivity index (χ1) is 18.4. The van der Waals surface area contributed by atoms with Crippen LogP contribution in [0.3, 0.4) is 0 Å². The van der Waals surface area contributed by atoms with Gasteiger partial charge in [0.25, 0.3) is 5.91 Å². The summed E-state index contributed by atoms with van der Waals surface area (Å²) in [5.41, 5.74) is 6.91. The van der Waals surface area contributed by atoms with Crippen LogP contribution in [-0.4, -0.2) is 20.4 Å². The molecule has 2 aromatic carbocycles. The van der Waals surface area contributed by atoms with Crippen molar-refractivity contribution in [1.29, 1.82) is 0 Å². The SMILES string of the molecule is CCc1cc(-c2nc(-c3cc(C(=O)NCc4ccc(F)cc4)c(C)n3Cc3cccc(Cl)c3)cs2)ccn1. The Morgan fingerprint density at radius 2 is 1.89 bits per heavy atom. The van der Waals surface area contributed by atoms with Crippen molar-refractivity contribution in [3.8, 4) is 22.0 Å². The van der Waals surface area contributed by atoms with E-state index in [4.69, 9.17) is 16.6 Å². The van der Waals surface area contributed by atoms with E-state index in [1.165, 1.54) is 12.1 Å². The van der Waals surface area contributed by atoms with Crippen LogP contribution in [0, 0.1) is 12.7 Å². The van der Waals surface area contributed by atoms with Crippen molar-refractivity contribution < 1.29 is 9.18 Å². The Hall–Kier alpha value is -3.81. The van der Waals surface area contributed by atoms with E-state index < -0.39 is 0 Å². The van der Waals surface area contributed by atoms with Gasteiger partial charge in [0.1, 0.15) is 10.8 Å². The summed E-state index contributed by atoms with van der Waals surface area (Å²) < 4.78 is 15.4. The van der Waals surface area contributed by atoms with Crippen molar-refractivity contribution in [3.05, 3.63) is 117 Å². The number of carbonyl (C=O) groups is 1. The van der Waals surface area contributed by atoms with Crippen molar-refractivity contribution >= 4 is 28.8 Å². The van der Waals surface area contributed by atoms with Crippen LogP contribution in [0.2, 0.25) is 5.02 Å². The van der Waals surface area contributed by atoms with Crippen molar-refractivity contribution in [2.45, 2.75) is 33.4 Å². The Morgan fingerprint density at radius 3 is 2.66 bits per heavy atom. The zero-order chi connectivity index (χ0) is 26.6. The maximum atomic E-state index is 13.3. The van der Waals surface area contributed by atoms with Gasteiger partial charge in [-0.25, -0.2) is 9.37 Å². The highest BCUT2D eigenvalue weighted by atomic mass is 35.5. The lowest BCUT2D eigenvalue weighted by molar-refractivity contribution is 0.0950. The number of carbonyl (C=O) groups excluding carboxylic acids is 1. The van der Waals surface area contributed by atoms with Crippen LogP contribution in [-0.2, 0) is 19.5 Å². The quantitative estimate of drug-likeness (QED) is 0.223. The average Bonchev–Trinajstić information content (AvgIpc) is 3.54. The second-order valence-electron chi connectivity index (χ2n) is 8.98. The maximum absolute atomic E-state index is 13.3. The summed E-state index contributed by atoms with van der Waals surface area (Å²) in [6.45, 7) is 4.85. The molecule has 8 heteroatoms. The first-order valence-corrected chi connectivity index (χ1v) is 13.6. The average molecular weight is 545 g/mol. The van der Waals surface area contributed by atoms with Gasteiger partial charge in [-0.15, -0.1) is 11.3 Å². The smallest absolute Gasteiger partial charge is 0.253 e. The van der Waals surface area contributed by atoms with Crippen molar-refractivity contribution in [2.24, 2.45) is 0 Å². The molecule has 3 aromatic heterocycles. The van der Waals surface area contributed by atoms with E-state index in [2.05, 4.69) is 27.9 Å². The highest BCUT2D eigenvalue weighted by Gasteiger charge is 2.21. The van der Waals surface area contributed by atoms with Gasteiger partial charge >= 0.3 is 0 Å². The minimum Gasteiger partial charge on any atom is -0.348 e. The summed E-state index contributed by atoms with van der Waals surface area (Å²) in [5.74, 6) is -0.505. The molecule has 0 bridgehead atoms. The molecule has 5 nitrogen and oxygen atoms in total. The molecule has 192 valence electrons. The molecule has 1 N–H and O–H groups in total. The molecule has 0 fully saturated rings. The second-order valence-corrected chi connectivity index (χ2v) is 10.3. The molecule has 0 saturated carbocycles. The summed E-state index contributed by atoms with van der Waals surface area (Å²) in [5, 5.41) is 6.54. The van der Waals surface area contributed by atoms with E-state index >= 15 is 0 Å². The minimum atomic E-state index is -0.307. The number of aromatic nitrogens is 3. The summed E-state index contributed by atoms with van der Waals surface area (Å²) in [6, 6.07) is 19.7. The number of benzene rings is 2. The molecule has 0 atom stereocenters. The van der Waals surface area contributed by atoms with Gasteiger partial charge in [-0.1, -0.05) is 42.8 Å². The lowest BCUT2D eigenvalue weighted by Gasteiger charge is -2.12. The van der Waals surface area contributed by atoms with Gasteiger partial charge in [0, 0.05) is 46.6 Å². The molecule has 0 spiro atoms. The molecule has 0 saturated heterocycles. The fourth-order valence-corrected chi connectivity index (χ4v) is 5.34. The van der Waals surface area contributed by atoms with Gasteiger partial charge in [-0.2, -0.15) is 0 Å². The molecule has 5 rings (SSSR count). The Labute approximate surface area is 230 Å². The predicted molar refractivity (Wildman–Crippen MR) is 151 cm³/mol. The molecule has 5 aromatic rings. The standard InChI is InChI=1S/C30H26ClFN4OS/c1-3-25-14-22(11-12-33-25)30-35-27(18-38-30)28-15-26(29(37)34-16-20-7-9-24(32)10-8-20)19(2)36(28)17-21-5-4-6-23(31)13-21/h4-15,18H,3,16-17H2,1-2H3,(H,34,37). The van der Waals surface area contributed by atoms with E-state index in [0.29, 0.717) is 23.7 Å². The van der Waals surface area contributed by atoms with E-state index in [9.17, 15) is 9.18 Å². The maximum Gasteiger partial charge on any atom is 0.253 e. The van der Waals surface area contributed by atoms with Gasteiger partial charge in [0.05, 0.1) is 17.0 Å². The summed E-state index contributed by atoms with van der Waals surface area (Å²) in [6.07, 6.45) is 2.66. The van der Waals surface area contributed by atoms with E-state index in [1.807, 2.05) is 54.9 Å². The molecule has 1 amide bonds. The molecule has 3 heterocycles. The number of pyridine rings is 1. The number of hydrogen-bond acceptors (Lipinski definition) is 4. The third-order valence-corrected chi connectivity index (χ3v) is 7.53. The molecule has 0 aliphatic heterocycles. The molecule has 0 unspecified atom stereocenters. The Kier molecular flexibility index (Phi) is 7.67. The number of hydrogen-bond donors (Lipinski definition) is 1. The molecule has 38 heavy (non-hydrogen) atoms. The van der Waals surface area contributed by atoms with E-state index in [-0.39, 0.29) is 11.7 Å². The number of rotatable bonds is 8. The highest BCUT2D eigenvalue weighted by molar-refractivity contribution is 7.13. The Balaban J connectivity index is 1.49. The van der Waals surface area contributed by atoms with Crippen LogP contribution >= 0.6 is 22.9 Å². The van der Waals surface area contributed by atoms with E-state index in [1.54, 1.807) is 23.5 Å². The lowest BCUT2D eigenvalue weighted by atomic mass is 10.2. The largest absolute Gasteiger partial charge is 0.348 e. The van der Waals surface area contributed by atoms with Crippen LogP contribution in [0.1, 0.15) is 39.8 Å². The summed E-state index contributed by atoms with van der Waals surface area (Å²) in [4.78, 5) is 22.6. The summed E-state index contributed by atoms with van der Waals surface area (Å²) >= 11 is 7.82. The normalized spacial score (nSPS) is 11.1. The molecular formula is C30H26ClFN4OS. The van der Waals surface area contributed by atoms with Gasteiger partial charge in [-0.3, -0.25) is 9.78 Å². The van der Waals surface area contributed by atoms with Crippen molar-refractivity contribution in [2.75, 3.05) is 0 Å². The van der Waals surface area contributed by atoms with Gasteiger partial charge < -0.3 is 9.88 Å². The fourth-order valence-electron chi connectivity index (χ4n) is 4.32. The third kappa shape index (κ3) is 5.69. The number of nitrogens with one attached hydrogen (secondary N) is 1. The predicted octanol–water partition coefficient (Wildman–Crippen LogP) is 7.32. The molecule has 0 aliphatic rings. The van der Waals surface area contributed by atoms with Gasteiger partial charge in [0.15, 0.2) is 0 Å². The number of halogens is 2. The zero-order valence-corrected chi connectivity index (χ0v) is 22.6. The zero-order valence-electron chi connectivity index (χ0n) is 21.0. The monoisotopic (exact) mass is 544 g/mol. The fraction of sp³-hybridized carbons (Fsp3) is 0.167. The van der Waals surface area contributed by atoms with Crippen molar-refractivity contribution in [1.82, 2.24) is 19.9 Å². The number of aryl methyl sites for hydroxylation is 1. The highest BCUT2D eigenvalue weighted by Crippen LogP contribution is 2.32. The van der Waals surface area contributed by atoms with Crippen LogP contribution in [0.4, 0.5) is 4.39 Å². The topological polar surface area (TPSA) is 59.8 Å². The first kappa shape index (κ1) is 25.8. The van der Waals surface area contributed by atoms with Crippen LogP contribution in [0.15, 0.2) is 78.3 Å². The number of amides is 1. The second kappa shape index (κ2) is 11.3. The van der Waals surface area contributed by atoms with E-state index in [0.717, 1.165) is 50.9 Å². The first-order valence-electron chi connectivity index (χ1n) is 12.3. The Morgan fingerprint density at radius 1 is 1.08 bits per heavy atom.